The van der Waals surface area contributed by atoms with Crippen LogP contribution >= 0.6 is 0 Å². The van der Waals surface area contributed by atoms with Gasteiger partial charge in [-0.3, -0.25) is 5.43 Å². The highest BCUT2D eigenvalue weighted by Crippen LogP contribution is 1.99. The maximum atomic E-state index is 9.69. The first-order valence-corrected chi connectivity index (χ1v) is 3.43. The van der Waals surface area contributed by atoms with E-state index in [1.165, 1.54) is 0 Å². The Morgan fingerprint density at radius 1 is 1.56 bits per heavy atom. The topological polar surface area (TPSA) is 41.5 Å². The van der Waals surface area contributed by atoms with Gasteiger partial charge in [-0.25, -0.2) is 0 Å². The standard InChI is InChI=1S/C6H14N2O/c1-3-5-6(4-2)7-8-9/h6H,3-5H2,1-2H3,(H,7,9). The first-order valence-electron chi connectivity index (χ1n) is 3.43. The van der Waals surface area contributed by atoms with Crippen molar-refractivity contribution in [1.82, 2.24) is 5.43 Å². The lowest BCUT2D eigenvalue weighted by Gasteiger charge is -2.09. The summed E-state index contributed by atoms with van der Waals surface area (Å²) in [4.78, 5) is 9.69. The van der Waals surface area contributed by atoms with E-state index in [1.54, 1.807) is 0 Å². The zero-order valence-electron chi connectivity index (χ0n) is 6.05. The maximum Gasteiger partial charge on any atom is 0.0499 e. The van der Waals surface area contributed by atoms with Gasteiger partial charge in [-0.1, -0.05) is 20.3 Å². The van der Waals surface area contributed by atoms with Crippen molar-refractivity contribution in [3.05, 3.63) is 4.91 Å². The Balaban J connectivity index is 3.28. The molecule has 0 bridgehead atoms. The summed E-state index contributed by atoms with van der Waals surface area (Å²) in [7, 11) is 0. The van der Waals surface area contributed by atoms with E-state index in [-0.39, 0.29) is 6.04 Å². The molecule has 9 heavy (non-hydrogen) atoms. The molecule has 0 aromatic rings. The summed E-state index contributed by atoms with van der Waals surface area (Å²) in [5, 5.41) is 2.63. The monoisotopic (exact) mass is 130 g/mol. The van der Waals surface area contributed by atoms with Crippen molar-refractivity contribution < 1.29 is 0 Å². The van der Waals surface area contributed by atoms with Gasteiger partial charge in [0.15, 0.2) is 0 Å². The van der Waals surface area contributed by atoms with Crippen molar-refractivity contribution >= 4 is 0 Å². The summed E-state index contributed by atoms with van der Waals surface area (Å²) < 4.78 is 0. The second-order valence-electron chi connectivity index (χ2n) is 2.11. The lowest BCUT2D eigenvalue weighted by Crippen LogP contribution is -2.22. The molecular formula is C6H14N2O. The quantitative estimate of drug-likeness (QED) is 0.455. The molecule has 1 atom stereocenters. The Hall–Kier alpha value is -0.600. The van der Waals surface area contributed by atoms with Crippen LogP contribution in [0.15, 0.2) is 5.29 Å². The predicted molar refractivity (Wildman–Crippen MR) is 37.9 cm³/mol. The van der Waals surface area contributed by atoms with Crippen molar-refractivity contribution in [2.24, 2.45) is 5.29 Å². The summed E-state index contributed by atoms with van der Waals surface area (Å²) in [5.41, 5.74) is 2.50. The molecule has 0 rings (SSSR count). The summed E-state index contributed by atoms with van der Waals surface area (Å²) in [6, 6.07) is 0.285. The highest BCUT2D eigenvalue weighted by atomic mass is 16.3. The van der Waals surface area contributed by atoms with Gasteiger partial charge < -0.3 is 0 Å². The van der Waals surface area contributed by atoms with E-state index in [2.05, 4.69) is 17.6 Å². The minimum atomic E-state index is 0.285. The van der Waals surface area contributed by atoms with Crippen molar-refractivity contribution in [2.75, 3.05) is 0 Å². The lowest BCUT2D eigenvalue weighted by atomic mass is 10.1. The molecule has 1 unspecified atom stereocenters. The average Bonchev–Trinajstić information content (AvgIpc) is 1.88. The van der Waals surface area contributed by atoms with Crippen molar-refractivity contribution in [3.8, 4) is 0 Å². The molecule has 0 aliphatic heterocycles. The number of nitrogens with zero attached hydrogens (tertiary/aromatic N) is 1. The highest BCUT2D eigenvalue weighted by molar-refractivity contribution is 4.59. The van der Waals surface area contributed by atoms with E-state index >= 15 is 0 Å². The molecule has 0 heterocycles. The molecular weight excluding hydrogens is 116 g/mol. The minimum absolute atomic E-state index is 0.285. The lowest BCUT2D eigenvalue weighted by molar-refractivity contribution is 0.475. The Morgan fingerprint density at radius 3 is 2.56 bits per heavy atom. The molecule has 0 amide bonds. The van der Waals surface area contributed by atoms with Crippen LogP contribution in [0.4, 0.5) is 0 Å². The molecule has 0 aromatic heterocycles. The third-order valence-electron chi connectivity index (χ3n) is 1.37. The largest absolute Gasteiger partial charge is 0.271 e. The minimum Gasteiger partial charge on any atom is -0.271 e. The predicted octanol–water partition coefficient (Wildman–Crippen LogP) is 1.84. The molecule has 0 aliphatic rings. The third kappa shape index (κ3) is 3.94. The Bertz CT molecular complexity index is 75.5. The summed E-state index contributed by atoms with van der Waals surface area (Å²) >= 11 is 0. The zero-order chi connectivity index (χ0) is 7.11. The van der Waals surface area contributed by atoms with E-state index in [9.17, 15) is 4.91 Å². The van der Waals surface area contributed by atoms with Crippen LogP contribution in [0.2, 0.25) is 0 Å². The molecule has 0 radical (unpaired) electrons. The van der Waals surface area contributed by atoms with Crippen molar-refractivity contribution in [1.29, 1.82) is 0 Å². The first-order chi connectivity index (χ1) is 4.35. The van der Waals surface area contributed by atoms with Gasteiger partial charge in [0.1, 0.15) is 0 Å². The van der Waals surface area contributed by atoms with Gasteiger partial charge in [0.05, 0.1) is 0 Å². The Morgan fingerprint density at radius 2 is 2.22 bits per heavy atom. The second kappa shape index (κ2) is 5.54. The molecule has 0 fully saturated rings. The molecule has 3 nitrogen and oxygen atoms in total. The SMILES string of the molecule is CCCC(CC)NN=O. The van der Waals surface area contributed by atoms with Crippen LogP contribution in [0.5, 0.6) is 0 Å². The fourth-order valence-electron chi connectivity index (χ4n) is 0.783. The molecule has 0 saturated carbocycles. The Kier molecular flexibility index (Phi) is 5.17. The van der Waals surface area contributed by atoms with E-state index in [4.69, 9.17) is 0 Å². The summed E-state index contributed by atoms with van der Waals surface area (Å²) in [6.45, 7) is 4.13. The third-order valence-corrected chi connectivity index (χ3v) is 1.37. The maximum absolute atomic E-state index is 9.69. The van der Waals surface area contributed by atoms with Gasteiger partial charge in [0.25, 0.3) is 0 Å². The average molecular weight is 130 g/mol. The zero-order valence-corrected chi connectivity index (χ0v) is 6.05. The molecule has 3 heteroatoms. The van der Waals surface area contributed by atoms with Crippen molar-refractivity contribution in [3.63, 3.8) is 0 Å². The van der Waals surface area contributed by atoms with Crippen LogP contribution in [0.25, 0.3) is 0 Å². The van der Waals surface area contributed by atoms with Crippen molar-refractivity contribution in [2.45, 2.75) is 39.2 Å². The van der Waals surface area contributed by atoms with Crippen LogP contribution in [-0.4, -0.2) is 6.04 Å². The summed E-state index contributed by atoms with van der Waals surface area (Å²) in [6.07, 6.45) is 3.10. The molecule has 0 aromatic carbocycles. The number of hydrogen-bond acceptors (Lipinski definition) is 2. The van der Waals surface area contributed by atoms with Gasteiger partial charge in [-0.15, -0.1) is 4.91 Å². The second-order valence-corrected chi connectivity index (χ2v) is 2.11. The number of hydrogen-bond donors (Lipinski definition) is 1. The molecule has 1 N–H and O–H groups in total. The fraction of sp³-hybridized carbons (Fsp3) is 1.00. The van der Waals surface area contributed by atoms with Crippen LogP contribution in [0, 0.1) is 4.91 Å². The molecule has 0 saturated heterocycles. The number of rotatable bonds is 5. The van der Waals surface area contributed by atoms with E-state index in [1.807, 2.05) is 6.92 Å². The Labute approximate surface area is 55.8 Å². The number of nitroso groups, excluding NO2 is 1. The van der Waals surface area contributed by atoms with Crippen LogP contribution in [0.1, 0.15) is 33.1 Å². The summed E-state index contributed by atoms with van der Waals surface area (Å²) in [5.74, 6) is 0. The smallest absolute Gasteiger partial charge is 0.0499 e. The first kappa shape index (κ1) is 8.40. The molecule has 0 spiro atoms. The van der Waals surface area contributed by atoms with Crippen LogP contribution in [-0.2, 0) is 0 Å². The van der Waals surface area contributed by atoms with E-state index in [0.717, 1.165) is 19.3 Å². The van der Waals surface area contributed by atoms with Gasteiger partial charge in [-0.05, 0) is 12.8 Å². The fourth-order valence-corrected chi connectivity index (χ4v) is 0.783. The normalized spacial score (nSPS) is 12.7. The van der Waals surface area contributed by atoms with Crippen LogP contribution in [0.3, 0.4) is 0 Å². The van der Waals surface area contributed by atoms with Gasteiger partial charge in [-0.2, -0.15) is 0 Å². The van der Waals surface area contributed by atoms with Gasteiger partial charge >= 0.3 is 0 Å². The van der Waals surface area contributed by atoms with Gasteiger partial charge in [0.2, 0.25) is 0 Å². The van der Waals surface area contributed by atoms with Gasteiger partial charge in [0, 0.05) is 11.3 Å². The molecule has 0 aliphatic carbocycles. The number of nitrogens with one attached hydrogen (secondary N) is 1. The molecule has 54 valence electrons. The van der Waals surface area contributed by atoms with E-state index < -0.39 is 0 Å². The van der Waals surface area contributed by atoms with Crippen LogP contribution < -0.4 is 5.43 Å². The van der Waals surface area contributed by atoms with E-state index in [0.29, 0.717) is 0 Å². The highest BCUT2D eigenvalue weighted by Gasteiger charge is 2.00.